The van der Waals surface area contributed by atoms with Crippen LogP contribution in [0.2, 0.25) is 0 Å². The van der Waals surface area contributed by atoms with Crippen molar-refractivity contribution in [2.45, 2.75) is 19.8 Å². The van der Waals surface area contributed by atoms with Crippen molar-refractivity contribution in [3.63, 3.8) is 0 Å². The lowest BCUT2D eigenvalue weighted by Gasteiger charge is -2.30. The van der Waals surface area contributed by atoms with E-state index in [1.807, 2.05) is 4.90 Å². The van der Waals surface area contributed by atoms with Crippen molar-refractivity contribution in [3.05, 3.63) is 0 Å². The number of carbonyl (C=O) groups excluding carboxylic acids is 1. The normalized spacial score (nSPS) is 21.5. The van der Waals surface area contributed by atoms with Crippen LogP contribution in [0.3, 0.4) is 0 Å². The third kappa shape index (κ3) is 6.31. The predicted molar refractivity (Wildman–Crippen MR) is 72.0 cm³/mol. The van der Waals surface area contributed by atoms with Crippen LogP contribution >= 0.6 is 11.8 Å². The van der Waals surface area contributed by atoms with Gasteiger partial charge in [-0.05, 0) is 18.8 Å². The fourth-order valence-corrected chi connectivity index (χ4v) is 4.06. The van der Waals surface area contributed by atoms with Crippen LogP contribution in [0.25, 0.3) is 0 Å². The molecule has 1 aliphatic heterocycles. The Morgan fingerprint density at radius 2 is 2.18 bits per heavy atom. The summed E-state index contributed by atoms with van der Waals surface area (Å²) in [5.41, 5.74) is 0. The van der Waals surface area contributed by atoms with Crippen molar-refractivity contribution in [1.29, 1.82) is 0 Å². The smallest absolute Gasteiger partial charge is 0.232 e. The van der Waals surface area contributed by atoms with E-state index in [0.717, 1.165) is 19.5 Å². The number of hydrogen-bond donors (Lipinski definition) is 0. The van der Waals surface area contributed by atoms with E-state index in [4.69, 9.17) is 0 Å². The van der Waals surface area contributed by atoms with Gasteiger partial charge in [0.05, 0.1) is 11.5 Å². The minimum Gasteiger partial charge on any atom is -0.342 e. The van der Waals surface area contributed by atoms with Gasteiger partial charge >= 0.3 is 0 Å². The first kappa shape index (κ1) is 14.8. The summed E-state index contributed by atoms with van der Waals surface area (Å²) in [6.45, 7) is 3.87. The largest absolute Gasteiger partial charge is 0.342 e. The van der Waals surface area contributed by atoms with Gasteiger partial charge in [0.1, 0.15) is 9.84 Å². The van der Waals surface area contributed by atoms with E-state index < -0.39 is 9.84 Å². The molecular weight excluding hydrogens is 258 g/mol. The van der Waals surface area contributed by atoms with Crippen LogP contribution in [0.5, 0.6) is 0 Å². The van der Waals surface area contributed by atoms with E-state index in [2.05, 4.69) is 6.92 Å². The molecule has 100 valence electrons. The fourth-order valence-electron chi connectivity index (χ4n) is 1.88. The lowest BCUT2D eigenvalue weighted by atomic mass is 10.0. The zero-order valence-corrected chi connectivity index (χ0v) is 12.1. The van der Waals surface area contributed by atoms with Gasteiger partial charge in [-0.25, -0.2) is 8.42 Å². The van der Waals surface area contributed by atoms with Crippen molar-refractivity contribution in [2.24, 2.45) is 5.92 Å². The van der Waals surface area contributed by atoms with Gasteiger partial charge in [0, 0.05) is 25.1 Å². The van der Waals surface area contributed by atoms with E-state index in [1.54, 1.807) is 0 Å². The van der Waals surface area contributed by atoms with Crippen LogP contribution < -0.4 is 0 Å². The molecule has 0 spiro atoms. The lowest BCUT2D eigenvalue weighted by Crippen LogP contribution is -2.40. The van der Waals surface area contributed by atoms with Crippen LogP contribution in [0.4, 0.5) is 0 Å². The van der Waals surface area contributed by atoms with Gasteiger partial charge in [0.2, 0.25) is 5.91 Å². The first-order chi connectivity index (χ1) is 7.88. The molecule has 1 rings (SSSR count). The average molecular weight is 279 g/mol. The summed E-state index contributed by atoms with van der Waals surface area (Å²) in [4.78, 5) is 13.7. The topological polar surface area (TPSA) is 54.5 Å². The molecule has 1 saturated heterocycles. The molecular formula is C11H21NO3S2. The van der Waals surface area contributed by atoms with Gasteiger partial charge in [-0.15, -0.1) is 0 Å². The van der Waals surface area contributed by atoms with Crippen LogP contribution in [0.1, 0.15) is 19.8 Å². The molecule has 0 saturated carbocycles. The Hall–Kier alpha value is -0.230. The van der Waals surface area contributed by atoms with Crippen molar-refractivity contribution in [3.8, 4) is 0 Å². The molecule has 4 nitrogen and oxygen atoms in total. The van der Waals surface area contributed by atoms with Gasteiger partial charge in [0.25, 0.3) is 0 Å². The van der Waals surface area contributed by atoms with Gasteiger partial charge in [-0.3, -0.25) is 4.79 Å². The average Bonchev–Trinajstić information content (AvgIpc) is 2.23. The minimum atomic E-state index is -2.90. The minimum absolute atomic E-state index is 0.148. The summed E-state index contributed by atoms with van der Waals surface area (Å²) in [6, 6.07) is 0. The number of amides is 1. The number of piperidine rings is 1. The third-order valence-corrected chi connectivity index (χ3v) is 4.98. The first-order valence-corrected chi connectivity index (χ1v) is 9.13. The number of nitrogens with zero attached hydrogens (tertiary/aromatic N) is 1. The maximum atomic E-state index is 11.8. The Morgan fingerprint density at radius 1 is 1.47 bits per heavy atom. The SMILES string of the molecule is C[C@H]1CCCN(C(=O)CSCCS(C)(=O)=O)C1. The molecule has 17 heavy (non-hydrogen) atoms. The Bertz CT molecular complexity index is 354. The second kappa shape index (κ2) is 6.64. The van der Waals surface area contributed by atoms with Crippen molar-refractivity contribution in [2.75, 3.05) is 36.6 Å². The summed E-state index contributed by atoms with van der Waals surface area (Å²) < 4.78 is 21.8. The number of sulfone groups is 1. The Kier molecular flexibility index (Phi) is 5.79. The van der Waals surface area contributed by atoms with Crippen molar-refractivity contribution in [1.82, 2.24) is 4.90 Å². The Morgan fingerprint density at radius 3 is 2.76 bits per heavy atom. The molecule has 0 aromatic rings. The summed E-state index contributed by atoms with van der Waals surface area (Å²) in [7, 11) is -2.90. The van der Waals surface area contributed by atoms with Gasteiger partial charge < -0.3 is 4.90 Å². The number of thioether (sulfide) groups is 1. The molecule has 1 aliphatic rings. The van der Waals surface area contributed by atoms with Crippen LogP contribution in [0, 0.1) is 5.92 Å². The van der Waals surface area contributed by atoms with Crippen LogP contribution in [-0.2, 0) is 14.6 Å². The zero-order chi connectivity index (χ0) is 12.9. The number of rotatable bonds is 5. The predicted octanol–water partition coefficient (Wildman–Crippen LogP) is 1.02. The molecule has 0 unspecified atom stereocenters. The molecule has 0 aromatic carbocycles. The molecule has 6 heteroatoms. The highest BCUT2D eigenvalue weighted by molar-refractivity contribution is 8.01. The van der Waals surface area contributed by atoms with Gasteiger partial charge in [0.15, 0.2) is 0 Å². The summed E-state index contributed by atoms with van der Waals surface area (Å²) in [5.74, 6) is 1.81. The highest BCUT2D eigenvalue weighted by atomic mass is 32.2. The van der Waals surface area contributed by atoms with E-state index in [9.17, 15) is 13.2 Å². The third-order valence-electron chi connectivity index (χ3n) is 2.83. The second-order valence-electron chi connectivity index (χ2n) is 4.77. The highest BCUT2D eigenvalue weighted by Crippen LogP contribution is 2.16. The molecule has 1 amide bonds. The zero-order valence-electron chi connectivity index (χ0n) is 10.5. The van der Waals surface area contributed by atoms with E-state index >= 15 is 0 Å². The molecule has 0 bridgehead atoms. The Labute approximate surface area is 108 Å². The standard InChI is InChI=1S/C11H21NO3S2/c1-10-4-3-5-12(8-10)11(13)9-16-6-7-17(2,14)15/h10H,3-9H2,1-2H3/t10-/m0/s1. The van der Waals surface area contributed by atoms with E-state index in [0.29, 0.717) is 17.4 Å². The monoisotopic (exact) mass is 279 g/mol. The van der Waals surface area contributed by atoms with Gasteiger partial charge in [-0.1, -0.05) is 6.92 Å². The Balaban J connectivity index is 2.20. The van der Waals surface area contributed by atoms with E-state index in [-0.39, 0.29) is 11.7 Å². The highest BCUT2D eigenvalue weighted by Gasteiger charge is 2.20. The van der Waals surface area contributed by atoms with Gasteiger partial charge in [-0.2, -0.15) is 11.8 Å². The van der Waals surface area contributed by atoms with Crippen molar-refractivity contribution >= 4 is 27.5 Å². The molecule has 1 heterocycles. The van der Waals surface area contributed by atoms with E-state index in [1.165, 1.54) is 24.4 Å². The molecule has 0 radical (unpaired) electrons. The summed E-state index contributed by atoms with van der Waals surface area (Å²) in [5, 5.41) is 0. The number of carbonyl (C=O) groups is 1. The summed E-state index contributed by atoms with van der Waals surface area (Å²) >= 11 is 1.41. The molecule has 1 fully saturated rings. The lowest BCUT2D eigenvalue weighted by molar-refractivity contribution is -0.130. The summed E-state index contributed by atoms with van der Waals surface area (Å²) in [6.07, 6.45) is 3.51. The maximum Gasteiger partial charge on any atom is 0.232 e. The second-order valence-corrected chi connectivity index (χ2v) is 8.13. The molecule has 1 atom stereocenters. The molecule has 0 N–H and O–H groups in total. The maximum absolute atomic E-state index is 11.8. The first-order valence-electron chi connectivity index (χ1n) is 5.92. The molecule has 0 aliphatic carbocycles. The number of likely N-dealkylation sites (tertiary alicyclic amines) is 1. The van der Waals surface area contributed by atoms with Crippen LogP contribution in [-0.4, -0.2) is 55.8 Å². The number of hydrogen-bond acceptors (Lipinski definition) is 4. The fraction of sp³-hybridized carbons (Fsp3) is 0.909. The van der Waals surface area contributed by atoms with Crippen molar-refractivity contribution < 1.29 is 13.2 Å². The van der Waals surface area contributed by atoms with Crippen LogP contribution in [0.15, 0.2) is 0 Å². The quantitative estimate of drug-likeness (QED) is 0.705. The molecule has 0 aromatic heterocycles.